The zero-order valence-electron chi connectivity index (χ0n) is 13.1. The summed E-state index contributed by atoms with van der Waals surface area (Å²) in [5, 5.41) is 0. The van der Waals surface area contributed by atoms with Gasteiger partial charge < -0.3 is 4.74 Å². The molecule has 0 bridgehead atoms. The van der Waals surface area contributed by atoms with Crippen molar-refractivity contribution in [2.45, 2.75) is 18.5 Å². The van der Waals surface area contributed by atoms with Gasteiger partial charge in [0.15, 0.2) is 0 Å². The number of cyclic esters (lactones) is 1. The molecule has 1 saturated heterocycles. The third kappa shape index (κ3) is 4.51. The molecule has 4 heteroatoms. The topological polar surface area (TPSA) is 29.5 Å². The Kier molecular flexibility index (Phi) is 6.52. The fourth-order valence-electron chi connectivity index (χ4n) is 2.50. The average Bonchev–Trinajstić information content (AvgIpc) is 2.57. The Morgan fingerprint density at radius 3 is 2.74 bits per heavy atom. The minimum absolute atomic E-state index is 0.0555. The first-order chi connectivity index (χ1) is 11.2. The van der Waals surface area contributed by atoms with Crippen LogP contribution in [-0.2, 0) is 9.53 Å². The highest BCUT2D eigenvalue weighted by atomic mass is 31.0. The lowest BCUT2D eigenvalue weighted by molar-refractivity contribution is -0.156. The highest BCUT2D eigenvalue weighted by molar-refractivity contribution is 7.13. The molecule has 23 heavy (non-hydrogen) atoms. The molecular formula is C19H22NO2P. The second-order valence-corrected chi connectivity index (χ2v) is 5.86. The molecule has 2 unspecified atom stereocenters. The molecule has 120 valence electrons. The lowest BCUT2D eigenvalue weighted by Gasteiger charge is -2.37. The van der Waals surface area contributed by atoms with Gasteiger partial charge in [-0.1, -0.05) is 83.3 Å². The largest absolute Gasteiger partial charge is 0.462 e. The molecule has 1 aliphatic heterocycles. The van der Waals surface area contributed by atoms with E-state index in [0.717, 1.165) is 11.1 Å². The molecule has 0 saturated carbocycles. The molecule has 0 spiro atoms. The minimum atomic E-state index is -0.315. The summed E-state index contributed by atoms with van der Waals surface area (Å²) in [5.41, 5.74) is 2.10. The number of esters is 1. The third-order valence-corrected chi connectivity index (χ3v) is 4.50. The number of nitrogens with zero attached hydrogens (tertiary/aromatic N) is 1. The first kappa shape index (κ1) is 17.4. The van der Waals surface area contributed by atoms with E-state index in [1.807, 2.05) is 41.1 Å². The van der Waals surface area contributed by atoms with Crippen molar-refractivity contribution in [1.82, 2.24) is 4.67 Å². The summed E-state index contributed by atoms with van der Waals surface area (Å²) < 4.78 is 7.39. The van der Waals surface area contributed by atoms with Gasteiger partial charge in [0.1, 0.15) is 12.6 Å². The molecular weight excluding hydrogens is 305 g/mol. The van der Waals surface area contributed by atoms with E-state index in [9.17, 15) is 4.79 Å². The third-order valence-electron chi connectivity index (χ3n) is 3.78. The van der Waals surface area contributed by atoms with Gasteiger partial charge >= 0.3 is 5.97 Å². The van der Waals surface area contributed by atoms with Crippen LogP contribution in [-0.4, -0.2) is 23.3 Å². The smallest absolute Gasteiger partial charge is 0.324 e. The van der Waals surface area contributed by atoms with E-state index >= 15 is 0 Å². The Balaban J connectivity index is 2.09. The number of morpholine rings is 1. The van der Waals surface area contributed by atoms with Crippen molar-refractivity contribution in [2.75, 3.05) is 6.61 Å². The molecule has 0 aromatic heterocycles. The van der Waals surface area contributed by atoms with Gasteiger partial charge in [0.05, 0.1) is 6.04 Å². The zero-order chi connectivity index (χ0) is 16.7. The van der Waals surface area contributed by atoms with Crippen LogP contribution in [0.2, 0.25) is 0 Å². The summed E-state index contributed by atoms with van der Waals surface area (Å²) in [6, 6.07) is 9.82. The molecule has 0 N–H and O–H groups in total. The van der Waals surface area contributed by atoms with Crippen molar-refractivity contribution >= 4 is 15.4 Å². The quantitative estimate of drug-likeness (QED) is 0.449. The van der Waals surface area contributed by atoms with E-state index < -0.39 is 0 Å². The molecule has 0 radical (unpaired) electrons. The van der Waals surface area contributed by atoms with Gasteiger partial charge in [-0.05, 0) is 17.6 Å². The van der Waals surface area contributed by atoms with Crippen LogP contribution in [0.15, 0.2) is 79.4 Å². The van der Waals surface area contributed by atoms with Crippen LogP contribution in [0.25, 0.3) is 0 Å². The maximum atomic E-state index is 12.1. The van der Waals surface area contributed by atoms with E-state index in [0.29, 0.717) is 13.0 Å². The number of rotatable bonds is 6. The molecule has 1 aromatic carbocycles. The Morgan fingerprint density at radius 2 is 2.09 bits per heavy atom. The van der Waals surface area contributed by atoms with Gasteiger partial charge in [0.2, 0.25) is 0 Å². The molecule has 0 aliphatic carbocycles. The van der Waals surface area contributed by atoms with E-state index in [1.54, 1.807) is 12.2 Å². The van der Waals surface area contributed by atoms with Crippen molar-refractivity contribution in [3.05, 3.63) is 85.0 Å². The second kappa shape index (κ2) is 8.61. The van der Waals surface area contributed by atoms with Crippen molar-refractivity contribution in [3.63, 3.8) is 0 Å². The number of carbonyl (C=O) groups is 1. The predicted octanol–water partition coefficient (Wildman–Crippen LogP) is 3.99. The van der Waals surface area contributed by atoms with Crippen molar-refractivity contribution in [3.8, 4) is 0 Å². The normalized spacial score (nSPS) is 22.8. The highest BCUT2D eigenvalue weighted by Crippen LogP contribution is 2.32. The molecule has 0 amide bonds. The summed E-state index contributed by atoms with van der Waals surface area (Å²) >= 11 is 0. The maximum Gasteiger partial charge on any atom is 0.324 e. The summed E-state index contributed by atoms with van der Waals surface area (Å²) in [7, 11) is 2.68. The number of benzene rings is 1. The van der Waals surface area contributed by atoms with Crippen LogP contribution in [0.5, 0.6) is 0 Å². The Morgan fingerprint density at radius 1 is 1.35 bits per heavy atom. The Bertz CT molecular complexity index is 622. The maximum absolute atomic E-state index is 12.1. The molecule has 3 atom stereocenters. The molecule has 2 rings (SSSR count). The summed E-state index contributed by atoms with van der Waals surface area (Å²) in [5.74, 6) is -0.190. The standard InChI is InChI=1S/C19H22NO2P/c1-3-9-15(4-2)10-8-13-17-19(21)22-14-18(20(17)23)16-11-6-5-7-12-16/h3-12,17-18H,1-2,13-14,23H2/b10-8+,15-9+/t17?,18-/m0/s1. The minimum Gasteiger partial charge on any atom is -0.462 e. The van der Waals surface area contributed by atoms with Gasteiger partial charge in [-0.25, -0.2) is 0 Å². The van der Waals surface area contributed by atoms with E-state index in [4.69, 9.17) is 4.74 Å². The van der Waals surface area contributed by atoms with Gasteiger partial charge in [-0.3, -0.25) is 9.46 Å². The molecule has 1 heterocycles. The fourth-order valence-corrected chi connectivity index (χ4v) is 3.01. The van der Waals surface area contributed by atoms with Gasteiger partial charge in [-0.15, -0.1) is 0 Å². The average molecular weight is 327 g/mol. The molecule has 1 aliphatic rings. The van der Waals surface area contributed by atoms with Crippen LogP contribution >= 0.6 is 9.39 Å². The number of ether oxygens (including phenoxy) is 1. The van der Waals surface area contributed by atoms with Gasteiger partial charge in [0.25, 0.3) is 0 Å². The lowest BCUT2D eigenvalue weighted by Crippen LogP contribution is -2.45. The first-order valence-corrected chi connectivity index (χ1v) is 8.05. The highest BCUT2D eigenvalue weighted by Gasteiger charge is 2.35. The van der Waals surface area contributed by atoms with Crippen molar-refractivity contribution < 1.29 is 9.53 Å². The summed E-state index contributed by atoms with van der Waals surface area (Å²) in [6.07, 6.45) is 9.81. The summed E-state index contributed by atoms with van der Waals surface area (Å²) in [4.78, 5) is 12.1. The predicted molar refractivity (Wildman–Crippen MR) is 97.7 cm³/mol. The first-order valence-electron chi connectivity index (χ1n) is 7.53. The van der Waals surface area contributed by atoms with Crippen molar-refractivity contribution in [1.29, 1.82) is 0 Å². The number of hydrogen-bond donors (Lipinski definition) is 0. The number of carbonyl (C=O) groups excluding carboxylic acids is 1. The molecule has 1 aromatic rings. The number of hydrogen-bond acceptors (Lipinski definition) is 3. The van der Waals surface area contributed by atoms with E-state index in [1.165, 1.54) is 0 Å². The van der Waals surface area contributed by atoms with Gasteiger partial charge in [-0.2, -0.15) is 0 Å². The number of allylic oxidation sites excluding steroid dienone is 5. The van der Waals surface area contributed by atoms with Crippen LogP contribution in [0.4, 0.5) is 0 Å². The monoisotopic (exact) mass is 327 g/mol. The molecule has 3 nitrogen and oxygen atoms in total. The van der Waals surface area contributed by atoms with Crippen LogP contribution in [0.3, 0.4) is 0 Å². The van der Waals surface area contributed by atoms with Crippen LogP contribution in [0.1, 0.15) is 18.0 Å². The Labute approximate surface area is 140 Å². The van der Waals surface area contributed by atoms with E-state index in [-0.39, 0.29) is 18.1 Å². The molecule has 1 fully saturated rings. The van der Waals surface area contributed by atoms with E-state index in [2.05, 4.69) is 34.7 Å². The second-order valence-electron chi connectivity index (χ2n) is 5.26. The van der Waals surface area contributed by atoms with Crippen LogP contribution in [0, 0.1) is 0 Å². The SMILES string of the molecule is C=C/C=C(C=C)/C=C/CC1C(=O)OC[C@@H](c2ccccc2)N1P. The zero-order valence-corrected chi connectivity index (χ0v) is 14.3. The summed E-state index contributed by atoms with van der Waals surface area (Å²) in [6.45, 7) is 7.80. The lowest BCUT2D eigenvalue weighted by atomic mass is 10.0. The van der Waals surface area contributed by atoms with Gasteiger partial charge in [0, 0.05) is 0 Å². The van der Waals surface area contributed by atoms with Crippen LogP contribution < -0.4 is 0 Å². The fraction of sp³-hybridized carbons (Fsp3) is 0.211. The Hall–Kier alpha value is -1.96. The van der Waals surface area contributed by atoms with Crippen molar-refractivity contribution in [2.24, 2.45) is 0 Å².